The van der Waals surface area contributed by atoms with Gasteiger partial charge in [0.15, 0.2) is 9.84 Å². The smallest absolute Gasteiger partial charge is 0.254 e. The molecule has 0 fully saturated rings. The number of benzene rings is 2. The summed E-state index contributed by atoms with van der Waals surface area (Å²) in [7, 11) is -3.42. The molecule has 0 aliphatic rings. The molecule has 144 valence electrons. The van der Waals surface area contributed by atoms with Gasteiger partial charge in [0.2, 0.25) is 5.91 Å². The first-order valence-electron chi connectivity index (χ1n) is 8.26. The molecule has 0 heterocycles. The fraction of sp³-hybridized carbons (Fsp3) is 0.263. The molecule has 0 aromatic heterocycles. The van der Waals surface area contributed by atoms with E-state index in [2.05, 4.69) is 10.6 Å². The molecule has 0 saturated heterocycles. The number of rotatable bonds is 6. The summed E-state index contributed by atoms with van der Waals surface area (Å²) in [4.78, 5) is 25.0. The summed E-state index contributed by atoms with van der Waals surface area (Å²) in [6.07, 6.45) is 1.07. The average Bonchev–Trinajstić information content (AvgIpc) is 2.59. The van der Waals surface area contributed by atoms with Crippen LogP contribution < -0.4 is 10.6 Å². The number of carbonyl (C=O) groups excluding carboxylic acids is 2. The van der Waals surface area contributed by atoms with Gasteiger partial charge in [-0.15, -0.1) is 0 Å². The van der Waals surface area contributed by atoms with Crippen molar-refractivity contribution in [2.45, 2.75) is 24.8 Å². The first-order valence-corrected chi connectivity index (χ1v) is 10.1. The van der Waals surface area contributed by atoms with E-state index in [4.69, 9.17) is 0 Å². The molecular formula is C19H21FN2O4S. The summed E-state index contributed by atoms with van der Waals surface area (Å²) in [6, 6.07) is 10.4. The molecule has 2 N–H and O–H groups in total. The maximum Gasteiger partial charge on any atom is 0.254 e. The van der Waals surface area contributed by atoms with Crippen molar-refractivity contribution in [2.75, 3.05) is 11.6 Å². The lowest BCUT2D eigenvalue weighted by atomic mass is 10.0. The van der Waals surface area contributed by atoms with Gasteiger partial charge in [0.25, 0.3) is 5.91 Å². The number of hydrogen-bond acceptors (Lipinski definition) is 4. The van der Waals surface area contributed by atoms with Crippen molar-refractivity contribution in [2.24, 2.45) is 5.92 Å². The van der Waals surface area contributed by atoms with Gasteiger partial charge in [0.1, 0.15) is 11.9 Å². The second kappa shape index (κ2) is 8.30. The lowest BCUT2D eigenvalue weighted by Crippen LogP contribution is -2.47. The van der Waals surface area contributed by atoms with Gasteiger partial charge in [-0.1, -0.05) is 32.0 Å². The Morgan fingerprint density at radius 3 is 2.30 bits per heavy atom. The number of anilines is 1. The largest absolute Gasteiger partial charge is 0.340 e. The van der Waals surface area contributed by atoms with Crippen LogP contribution in [0, 0.1) is 11.7 Å². The van der Waals surface area contributed by atoms with Gasteiger partial charge < -0.3 is 10.6 Å². The van der Waals surface area contributed by atoms with Crippen LogP contribution in [0.4, 0.5) is 10.1 Å². The Morgan fingerprint density at radius 2 is 1.70 bits per heavy atom. The zero-order valence-electron chi connectivity index (χ0n) is 15.2. The van der Waals surface area contributed by atoms with Gasteiger partial charge in [-0.25, -0.2) is 12.8 Å². The highest BCUT2D eigenvalue weighted by molar-refractivity contribution is 7.90. The summed E-state index contributed by atoms with van der Waals surface area (Å²) in [5, 5.41) is 5.12. The fourth-order valence-electron chi connectivity index (χ4n) is 2.42. The first kappa shape index (κ1) is 20.6. The van der Waals surface area contributed by atoms with Crippen LogP contribution in [0.1, 0.15) is 24.2 Å². The number of carbonyl (C=O) groups is 2. The Morgan fingerprint density at radius 1 is 1.04 bits per heavy atom. The van der Waals surface area contributed by atoms with E-state index in [0.717, 1.165) is 12.3 Å². The molecule has 0 spiro atoms. The molecule has 0 aliphatic heterocycles. The number of halogens is 1. The highest BCUT2D eigenvalue weighted by atomic mass is 32.2. The lowest BCUT2D eigenvalue weighted by molar-refractivity contribution is -0.118. The van der Waals surface area contributed by atoms with Crippen LogP contribution in [0.3, 0.4) is 0 Å². The number of hydrogen-bond donors (Lipinski definition) is 2. The van der Waals surface area contributed by atoms with E-state index in [1.54, 1.807) is 19.9 Å². The van der Waals surface area contributed by atoms with Gasteiger partial charge >= 0.3 is 0 Å². The van der Waals surface area contributed by atoms with Crippen LogP contribution in [-0.2, 0) is 14.6 Å². The molecule has 27 heavy (non-hydrogen) atoms. The van der Waals surface area contributed by atoms with Crippen LogP contribution in [0.15, 0.2) is 53.4 Å². The minimum atomic E-state index is -3.42. The molecule has 1 atom stereocenters. The van der Waals surface area contributed by atoms with Crippen LogP contribution in [0.2, 0.25) is 0 Å². The molecule has 2 aromatic rings. The predicted octanol–water partition coefficient (Wildman–Crippen LogP) is 2.62. The number of nitrogens with one attached hydrogen (secondary N) is 2. The van der Waals surface area contributed by atoms with Gasteiger partial charge in [0.05, 0.1) is 10.5 Å². The van der Waals surface area contributed by atoms with Crippen molar-refractivity contribution in [3.8, 4) is 0 Å². The van der Waals surface area contributed by atoms with Crippen molar-refractivity contribution in [3.63, 3.8) is 0 Å². The molecular weight excluding hydrogens is 371 g/mol. The highest BCUT2D eigenvalue weighted by Crippen LogP contribution is 2.17. The van der Waals surface area contributed by atoms with E-state index < -0.39 is 33.5 Å². The highest BCUT2D eigenvalue weighted by Gasteiger charge is 2.26. The molecule has 0 saturated carbocycles. The fourth-order valence-corrected chi connectivity index (χ4v) is 3.09. The second-order valence-electron chi connectivity index (χ2n) is 6.46. The van der Waals surface area contributed by atoms with Crippen LogP contribution in [-0.4, -0.2) is 32.5 Å². The van der Waals surface area contributed by atoms with Gasteiger partial charge in [-0.05, 0) is 36.2 Å². The Bertz CT molecular complexity index is 958. The normalized spacial score (nSPS) is 12.5. The zero-order valence-corrected chi connectivity index (χ0v) is 16.0. The summed E-state index contributed by atoms with van der Waals surface area (Å²) in [5.41, 5.74) is 0.128. The molecule has 6 nitrogen and oxygen atoms in total. The summed E-state index contributed by atoms with van der Waals surface area (Å²) < 4.78 is 37.1. The molecule has 0 bridgehead atoms. The second-order valence-corrected chi connectivity index (χ2v) is 8.48. The molecule has 1 unspecified atom stereocenters. The van der Waals surface area contributed by atoms with Crippen LogP contribution >= 0.6 is 0 Å². The number of amides is 2. The van der Waals surface area contributed by atoms with E-state index in [1.165, 1.54) is 36.4 Å². The van der Waals surface area contributed by atoms with Crippen molar-refractivity contribution in [1.82, 2.24) is 5.32 Å². The maximum absolute atomic E-state index is 13.8. The first-order chi connectivity index (χ1) is 12.6. The van der Waals surface area contributed by atoms with E-state index in [1.807, 2.05) is 0 Å². The monoisotopic (exact) mass is 392 g/mol. The summed E-state index contributed by atoms with van der Waals surface area (Å²) in [5.74, 6) is -2.19. The molecule has 8 heteroatoms. The molecule has 0 aliphatic carbocycles. The standard InChI is InChI=1S/C19H21FN2O4S/c1-12(2)17(22-18(23)15-9-4-5-10-16(15)20)19(24)21-13-7-6-8-14(11-13)27(3,25)26/h4-12,17H,1-3H3,(H,21,24)(H,22,23). The van der Waals surface area contributed by atoms with Gasteiger partial charge in [0, 0.05) is 11.9 Å². The van der Waals surface area contributed by atoms with E-state index >= 15 is 0 Å². The minimum Gasteiger partial charge on any atom is -0.340 e. The third-order valence-electron chi connectivity index (χ3n) is 3.88. The Kier molecular flexibility index (Phi) is 6.32. The minimum absolute atomic E-state index is 0.0665. The summed E-state index contributed by atoms with van der Waals surface area (Å²) >= 11 is 0. The van der Waals surface area contributed by atoms with Crippen molar-refractivity contribution in [1.29, 1.82) is 0 Å². The summed E-state index contributed by atoms with van der Waals surface area (Å²) in [6.45, 7) is 3.47. The van der Waals surface area contributed by atoms with Crippen molar-refractivity contribution in [3.05, 3.63) is 59.9 Å². The molecule has 2 amide bonds. The lowest BCUT2D eigenvalue weighted by Gasteiger charge is -2.22. The van der Waals surface area contributed by atoms with Crippen LogP contribution in [0.5, 0.6) is 0 Å². The van der Waals surface area contributed by atoms with E-state index in [9.17, 15) is 22.4 Å². The quantitative estimate of drug-likeness (QED) is 0.790. The Hall–Kier alpha value is -2.74. The van der Waals surface area contributed by atoms with Crippen LogP contribution in [0.25, 0.3) is 0 Å². The molecule has 2 aromatic carbocycles. The predicted molar refractivity (Wildman–Crippen MR) is 101 cm³/mol. The van der Waals surface area contributed by atoms with Gasteiger partial charge in [-0.2, -0.15) is 0 Å². The topological polar surface area (TPSA) is 92.3 Å². The average molecular weight is 392 g/mol. The van der Waals surface area contributed by atoms with Crippen molar-refractivity contribution < 1.29 is 22.4 Å². The van der Waals surface area contributed by atoms with Crippen molar-refractivity contribution >= 4 is 27.3 Å². The molecule has 0 radical (unpaired) electrons. The van der Waals surface area contributed by atoms with E-state index in [0.29, 0.717) is 0 Å². The third kappa shape index (κ3) is 5.37. The van der Waals surface area contributed by atoms with E-state index in [-0.39, 0.29) is 22.1 Å². The molecule has 2 rings (SSSR count). The zero-order chi connectivity index (χ0) is 20.2. The van der Waals surface area contributed by atoms with Gasteiger partial charge in [-0.3, -0.25) is 9.59 Å². The SMILES string of the molecule is CC(C)C(NC(=O)c1ccccc1F)C(=O)Nc1cccc(S(C)(=O)=O)c1. The number of sulfone groups is 1. The maximum atomic E-state index is 13.8. The Balaban J connectivity index is 2.18. The third-order valence-corrected chi connectivity index (χ3v) is 4.99. The Labute approximate surface area is 157 Å².